The second-order valence-corrected chi connectivity index (χ2v) is 7.89. The third-order valence-corrected chi connectivity index (χ3v) is 5.15. The summed E-state index contributed by atoms with van der Waals surface area (Å²) >= 11 is 0. The van der Waals surface area contributed by atoms with Crippen LogP contribution in [0.1, 0.15) is 24.1 Å². The van der Waals surface area contributed by atoms with Crippen molar-refractivity contribution in [1.29, 1.82) is 0 Å². The molecule has 0 aliphatic heterocycles. The van der Waals surface area contributed by atoms with Crippen LogP contribution >= 0.6 is 0 Å². The SMILES string of the molecule is CC(c1ccc(S(N)(=O)=O)cc1)N(C)CC(=O)Nc1cccc(C(F)(F)F)c1. The molecule has 1 unspecified atom stereocenters. The second-order valence-electron chi connectivity index (χ2n) is 6.33. The number of nitrogens with zero attached hydrogens (tertiary/aromatic N) is 1. The van der Waals surface area contributed by atoms with E-state index in [1.54, 1.807) is 24.1 Å². The zero-order valence-corrected chi connectivity index (χ0v) is 16.0. The maximum absolute atomic E-state index is 12.7. The first-order valence-corrected chi connectivity index (χ1v) is 9.72. The summed E-state index contributed by atoms with van der Waals surface area (Å²) < 4.78 is 60.8. The minimum atomic E-state index is -4.49. The lowest BCUT2D eigenvalue weighted by atomic mass is 10.1. The lowest BCUT2D eigenvalue weighted by Gasteiger charge is -2.24. The van der Waals surface area contributed by atoms with E-state index in [-0.39, 0.29) is 23.2 Å². The number of anilines is 1. The highest BCUT2D eigenvalue weighted by Gasteiger charge is 2.30. The van der Waals surface area contributed by atoms with Crippen LogP contribution in [-0.2, 0) is 21.0 Å². The van der Waals surface area contributed by atoms with Crippen molar-refractivity contribution >= 4 is 21.6 Å². The summed E-state index contributed by atoms with van der Waals surface area (Å²) in [4.78, 5) is 13.8. The van der Waals surface area contributed by atoms with Gasteiger partial charge in [0.1, 0.15) is 0 Å². The third kappa shape index (κ3) is 5.78. The number of alkyl halides is 3. The largest absolute Gasteiger partial charge is 0.416 e. The average molecular weight is 415 g/mol. The van der Waals surface area contributed by atoms with E-state index in [4.69, 9.17) is 5.14 Å². The van der Waals surface area contributed by atoms with Gasteiger partial charge in [0.2, 0.25) is 15.9 Å². The van der Waals surface area contributed by atoms with E-state index in [0.717, 1.165) is 17.7 Å². The monoisotopic (exact) mass is 415 g/mol. The Hall–Kier alpha value is -2.43. The number of rotatable bonds is 6. The van der Waals surface area contributed by atoms with Crippen LogP contribution in [-0.4, -0.2) is 32.8 Å². The average Bonchev–Trinajstić information content (AvgIpc) is 2.59. The molecule has 2 aromatic carbocycles. The molecule has 0 saturated heterocycles. The molecule has 0 aliphatic carbocycles. The Morgan fingerprint density at radius 2 is 1.79 bits per heavy atom. The van der Waals surface area contributed by atoms with Crippen LogP contribution in [0.15, 0.2) is 53.4 Å². The molecule has 1 atom stereocenters. The summed E-state index contributed by atoms with van der Waals surface area (Å²) in [6.45, 7) is 1.73. The molecule has 3 N–H and O–H groups in total. The van der Waals surface area contributed by atoms with Crippen molar-refractivity contribution in [2.75, 3.05) is 18.9 Å². The fraction of sp³-hybridized carbons (Fsp3) is 0.278. The van der Waals surface area contributed by atoms with Crippen molar-refractivity contribution in [3.8, 4) is 0 Å². The number of primary sulfonamides is 1. The number of sulfonamides is 1. The molecular weight excluding hydrogens is 395 g/mol. The van der Waals surface area contributed by atoms with Gasteiger partial charge in [-0.15, -0.1) is 0 Å². The number of benzene rings is 2. The van der Waals surface area contributed by atoms with Crippen molar-refractivity contribution in [2.45, 2.75) is 24.0 Å². The Bertz CT molecular complexity index is 945. The first-order chi connectivity index (χ1) is 12.9. The molecule has 152 valence electrons. The van der Waals surface area contributed by atoms with Gasteiger partial charge >= 0.3 is 6.18 Å². The van der Waals surface area contributed by atoms with Crippen LogP contribution < -0.4 is 10.5 Å². The Kier molecular flexibility index (Phi) is 6.48. The highest BCUT2D eigenvalue weighted by atomic mass is 32.2. The fourth-order valence-electron chi connectivity index (χ4n) is 2.53. The Morgan fingerprint density at radius 1 is 1.18 bits per heavy atom. The van der Waals surface area contributed by atoms with Gasteiger partial charge in [-0.05, 0) is 49.9 Å². The quantitative estimate of drug-likeness (QED) is 0.759. The highest BCUT2D eigenvalue weighted by molar-refractivity contribution is 7.89. The van der Waals surface area contributed by atoms with Crippen LogP contribution in [0.5, 0.6) is 0 Å². The van der Waals surface area contributed by atoms with Gasteiger partial charge in [-0.1, -0.05) is 18.2 Å². The smallest absolute Gasteiger partial charge is 0.325 e. The second kappa shape index (κ2) is 8.29. The number of likely N-dealkylation sites (N-methyl/N-ethyl adjacent to an activating group) is 1. The van der Waals surface area contributed by atoms with Gasteiger partial charge in [0.25, 0.3) is 0 Å². The molecule has 2 rings (SSSR count). The van der Waals surface area contributed by atoms with Gasteiger partial charge in [0, 0.05) is 11.7 Å². The minimum absolute atomic E-state index is 0.0200. The van der Waals surface area contributed by atoms with Crippen molar-refractivity contribution in [3.63, 3.8) is 0 Å². The van der Waals surface area contributed by atoms with Crippen molar-refractivity contribution < 1.29 is 26.4 Å². The van der Waals surface area contributed by atoms with Crippen LogP contribution in [0.2, 0.25) is 0 Å². The summed E-state index contributed by atoms with van der Waals surface area (Å²) in [7, 11) is -2.12. The number of nitrogens with two attached hydrogens (primary N) is 1. The molecule has 2 aromatic rings. The van der Waals surface area contributed by atoms with Gasteiger partial charge < -0.3 is 5.32 Å². The number of carbonyl (C=O) groups is 1. The Morgan fingerprint density at radius 3 is 2.32 bits per heavy atom. The molecular formula is C18H20F3N3O3S. The maximum Gasteiger partial charge on any atom is 0.416 e. The first-order valence-electron chi connectivity index (χ1n) is 8.18. The molecule has 1 amide bonds. The zero-order valence-electron chi connectivity index (χ0n) is 15.2. The van der Waals surface area contributed by atoms with E-state index in [1.165, 1.54) is 24.3 Å². The summed E-state index contributed by atoms with van der Waals surface area (Å²) in [5.41, 5.74) is -0.0397. The first kappa shape index (κ1) is 21.9. The number of hydrogen-bond acceptors (Lipinski definition) is 4. The number of nitrogens with one attached hydrogen (secondary N) is 1. The van der Waals surface area contributed by atoms with Crippen LogP contribution in [0.25, 0.3) is 0 Å². The lowest BCUT2D eigenvalue weighted by Crippen LogP contribution is -2.32. The number of carbonyl (C=O) groups excluding carboxylic acids is 1. The third-order valence-electron chi connectivity index (χ3n) is 4.22. The molecule has 0 radical (unpaired) electrons. The van der Waals surface area contributed by atoms with Gasteiger partial charge in [0.05, 0.1) is 17.0 Å². The van der Waals surface area contributed by atoms with Gasteiger partial charge in [-0.25, -0.2) is 13.6 Å². The molecule has 0 bridgehead atoms. The van der Waals surface area contributed by atoms with Crippen molar-refractivity contribution in [3.05, 3.63) is 59.7 Å². The standard InChI is InChI=1S/C18H20F3N3O3S/c1-12(13-6-8-16(9-7-13)28(22,26)27)24(2)11-17(25)23-15-5-3-4-14(10-15)18(19,20)21/h3-10,12H,11H2,1-2H3,(H,23,25)(H2,22,26,27). The fourth-order valence-corrected chi connectivity index (χ4v) is 3.04. The Balaban J connectivity index is 2.02. The molecule has 0 saturated carbocycles. The van der Waals surface area contributed by atoms with Gasteiger partial charge in [-0.2, -0.15) is 13.2 Å². The molecule has 28 heavy (non-hydrogen) atoms. The number of halogens is 3. The molecule has 0 fully saturated rings. The molecule has 0 aliphatic rings. The van der Waals surface area contributed by atoms with Crippen LogP contribution in [0.3, 0.4) is 0 Å². The van der Waals surface area contributed by atoms with E-state index in [9.17, 15) is 26.4 Å². The highest BCUT2D eigenvalue weighted by Crippen LogP contribution is 2.30. The van der Waals surface area contributed by atoms with E-state index in [2.05, 4.69) is 5.32 Å². The topological polar surface area (TPSA) is 92.5 Å². The molecule has 0 heterocycles. The van der Waals surface area contributed by atoms with E-state index >= 15 is 0 Å². The zero-order chi connectivity index (χ0) is 21.1. The summed E-state index contributed by atoms with van der Waals surface area (Å²) in [5.74, 6) is -0.477. The van der Waals surface area contributed by atoms with Gasteiger partial charge in [0.15, 0.2) is 0 Å². The predicted molar refractivity (Wildman–Crippen MR) is 98.9 cm³/mol. The summed E-state index contributed by atoms with van der Waals surface area (Å²) in [5, 5.41) is 7.50. The Labute approximate surface area is 161 Å². The molecule has 0 spiro atoms. The van der Waals surface area contributed by atoms with Gasteiger partial charge in [-0.3, -0.25) is 9.69 Å². The van der Waals surface area contributed by atoms with E-state index in [0.29, 0.717) is 0 Å². The molecule has 6 nitrogen and oxygen atoms in total. The maximum atomic E-state index is 12.7. The molecule has 10 heteroatoms. The molecule has 0 aromatic heterocycles. The number of amides is 1. The van der Waals surface area contributed by atoms with E-state index in [1.807, 2.05) is 6.92 Å². The van der Waals surface area contributed by atoms with Crippen LogP contribution in [0, 0.1) is 0 Å². The van der Waals surface area contributed by atoms with Crippen molar-refractivity contribution in [1.82, 2.24) is 4.90 Å². The summed E-state index contributed by atoms with van der Waals surface area (Å²) in [6.07, 6.45) is -4.49. The lowest BCUT2D eigenvalue weighted by molar-refractivity contribution is -0.137. The summed E-state index contributed by atoms with van der Waals surface area (Å²) in [6, 6.07) is 10.1. The van der Waals surface area contributed by atoms with Crippen LogP contribution in [0.4, 0.5) is 18.9 Å². The predicted octanol–water partition coefficient (Wildman–Crippen LogP) is 2.98. The minimum Gasteiger partial charge on any atom is -0.325 e. The number of hydrogen-bond donors (Lipinski definition) is 2. The van der Waals surface area contributed by atoms with Crippen molar-refractivity contribution in [2.24, 2.45) is 5.14 Å². The normalized spacial score (nSPS) is 13.4. The van der Waals surface area contributed by atoms with E-state index < -0.39 is 27.7 Å².